The number of aromatic nitrogens is 3. The summed E-state index contributed by atoms with van der Waals surface area (Å²) in [5, 5.41) is 9.53. The number of nitrogens with zero attached hydrogens (tertiary/aromatic N) is 3. The van der Waals surface area contributed by atoms with Crippen LogP contribution in [0, 0.1) is 6.92 Å². The summed E-state index contributed by atoms with van der Waals surface area (Å²) in [7, 11) is 0. The maximum absolute atomic E-state index is 12.1. The number of thiazole rings is 1. The second-order valence-corrected chi connectivity index (χ2v) is 6.40. The molecule has 2 aromatic heterocycles. The quantitative estimate of drug-likeness (QED) is 0.700. The second kappa shape index (κ2) is 7.94. The number of para-hydroxylation sites is 1. The molecule has 0 spiro atoms. The van der Waals surface area contributed by atoms with Crippen LogP contribution in [0.1, 0.15) is 18.9 Å². The van der Waals surface area contributed by atoms with Crippen LogP contribution in [0.25, 0.3) is 11.3 Å². The monoisotopic (exact) mass is 356 g/mol. The predicted octanol–water partition coefficient (Wildman–Crippen LogP) is 3.74. The molecular weight excluding hydrogens is 336 g/mol. The van der Waals surface area contributed by atoms with E-state index in [1.165, 1.54) is 11.3 Å². The Hall–Kier alpha value is -2.67. The number of rotatable bonds is 7. The minimum absolute atomic E-state index is 0.0767. The molecule has 2 heterocycles. The molecule has 0 aliphatic heterocycles. The molecule has 7 heteroatoms. The highest BCUT2D eigenvalue weighted by Gasteiger charge is 2.11. The van der Waals surface area contributed by atoms with Gasteiger partial charge in [-0.25, -0.2) is 4.98 Å². The summed E-state index contributed by atoms with van der Waals surface area (Å²) in [5.41, 5.74) is 2.80. The summed E-state index contributed by atoms with van der Waals surface area (Å²) in [4.78, 5) is 16.6. The summed E-state index contributed by atoms with van der Waals surface area (Å²) in [6, 6.07) is 7.76. The Kier molecular flexibility index (Phi) is 5.45. The number of anilines is 1. The first-order valence-electron chi connectivity index (χ1n) is 8.12. The Morgan fingerprint density at radius 1 is 1.36 bits per heavy atom. The lowest BCUT2D eigenvalue weighted by Crippen LogP contribution is -2.14. The first-order valence-corrected chi connectivity index (χ1v) is 9.00. The van der Waals surface area contributed by atoms with Gasteiger partial charge in [-0.2, -0.15) is 5.10 Å². The van der Waals surface area contributed by atoms with E-state index in [2.05, 4.69) is 15.4 Å². The van der Waals surface area contributed by atoms with Gasteiger partial charge in [0.05, 0.1) is 18.5 Å². The number of aryl methyl sites for hydroxylation is 2. The van der Waals surface area contributed by atoms with Crippen LogP contribution in [-0.2, 0) is 11.3 Å². The maximum Gasteiger partial charge on any atom is 0.228 e. The molecule has 3 rings (SSSR count). The molecule has 0 radical (unpaired) electrons. The van der Waals surface area contributed by atoms with Crippen molar-refractivity contribution in [3.8, 4) is 17.0 Å². The van der Waals surface area contributed by atoms with E-state index in [1.54, 1.807) is 10.9 Å². The van der Waals surface area contributed by atoms with Gasteiger partial charge >= 0.3 is 0 Å². The van der Waals surface area contributed by atoms with Crippen molar-refractivity contribution in [1.29, 1.82) is 0 Å². The number of hydrogen-bond donors (Lipinski definition) is 1. The molecular formula is C18H20N4O2S. The third-order valence-corrected chi connectivity index (χ3v) is 4.30. The molecule has 0 saturated heterocycles. The van der Waals surface area contributed by atoms with Crippen LogP contribution in [0.4, 0.5) is 5.13 Å². The van der Waals surface area contributed by atoms with Crippen molar-refractivity contribution in [3.05, 3.63) is 47.6 Å². The molecule has 1 N–H and O–H groups in total. The van der Waals surface area contributed by atoms with Crippen LogP contribution in [-0.4, -0.2) is 27.3 Å². The van der Waals surface area contributed by atoms with Crippen molar-refractivity contribution < 1.29 is 9.53 Å². The van der Waals surface area contributed by atoms with E-state index in [0.29, 0.717) is 24.7 Å². The number of benzene rings is 1. The lowest BCUT2D eigenvalue weighted by Gasteiger charge is -2.07. The van der Waals surface area contributed by atoms with E-state index in [0.717, 1.165) is 22.6 Å². The zero-order valence-electron chi connectivity index (χ0n) is 14.2. The summed E-state index contributed by atoms with van der Waals surface area (Å²) in [5.74, 6) is 0.717. The fourth-order valence-corrected chi connectivity index (χ4v) is 3.13. The van der Waals surface area contributed by atoms with Gasteiger partial charge in [0.1, 0.15) is 5.75 Å². The van der Waals surface area contributed by atoms with Crippen LogP contribution in [0.3, 0.4) is 0 Å². The SMILES string of the molecule is CCOc1ccccc1-c1csc(NC(=O)CCn2cc(C)cn2)n1. The van der Waals surface area contributed by atoms with Crippen molar-refractivity contribution in [1.82, 2.24) is 14.8 Å². The molecule has 3 aromatic rings. The van der Waals surface area contributed by atoms with Crippen LogP contribution in [0.2, 0.25) is 0 Å². The standard InChI is InChI=1S/C18H20N4O2S/c1-3-24-16-7-5-4-6-14(16)15-12-25-18(20-15)21-17(23)8-9-22-11-13(2)10-19-22/h4-7,10-12H,3,8-9H2,1-2H3,(H,20,21,23). The fraction of sp³-hybridized carbons (Fsp3) is 0.278. The Morgan fingerprint density at radius 2 is 2.20 bits per heavy atom. The van der Waals surface area contributed by atoms with Crippen LogP contribution < -0.4 is 10.1 Å². The molecule has 0 saturated carbocycles. The van der Waals surface area contributed by atoms with E-state index in [9.17, 15) is 4.79 Å². The van der Waals surface area contributed by atoms with Gasteiger partial charge < -0.3 is 10.1 Å². The van der Waals surface area contributed by atoms with Crippen molar-refractivity contribution in [2.45, 2.75) is 26.8 Å². The van der Waals surface area contributed by atoms with Crippen molar-refractivity contribution >= 4 is 22.4 Å². The Bertz CT molecular complexity index is 856. The Labute approximate surface area is 150 Å². The number of amides is 1. The molecule has 0 atom stereocenters. The highest BCUT2D eigenvalue weighted by Crippen LogP contribution is 2.32. The molecule has 1 aromatic carbocycles. The van der Waals surface area contributed by atoms with Gasteiger partial charge in [-0.1, -0.05) is 12.1 Å². The number of ether oxygens (including phenoxy) is 1. The highest BCUT2D eigenvalue weighted by atomic mass is 32.1. The molecule has 25 heavy (non-hydrogen) atoms. The van der Waals surface area contributed by atoms with Gasteiger partial charge in [-0.3, -0.25) is 9.48 Å². The number of hydrogen-bond acceptors (Lipinski definition) is 5. The molecule has 6 nitrogen and oxygen atoms in total. The van der Waals surface area contributed by atoms with Crippen LogP contribution in [0.15, 0.2) is 42.0 Å². The Morgan fingerprint density at radius 3 is 2.96 bits per heavy atom. The number of carbonyl (C=O) groups is 1. The first-order chi connectivity index (χ1) is 12.2. The highest BCUT2D eigenvalue weighted by molar-refractivity contribution is 7.14. The molecule has 0 fully saturated rings. The molecule has 130 valence electrons. The van der Waals surface area contributed by atoms with Gasteiger partial charge in [0, 0.05) is 30.1 Å². The smallest absolute Gasteiger partial charge is 0.228 e. The molecule has 0 aliphatic carbocycles. The average Bonchev–Trinajstić information content (AvgIpc) is 3.23. The van der Waals surface area contributed by atoms with Gasteiger partial charge in [0.25, 0.3) is 0 Å². The molecule has 1 amide bonds. The third kappa shape index (κ3) is 4.45. The minimum Gasteiger partial charge on any atom is -0.493 e. The van der Waals surface area contributed by atoms with Gasteiger partial charge in [-0.05, 0) is 31.5 Å². The van der Waals surface area contributed by atoms with Gasteiger partial charge in [0.2, 0.25) is 5.91 Å². The largest absolute Gasteiger partial charge is 0.493 e. The minimum atomic E-state index is -0.0767. The topological polar surface area (TPSA) is 69.0 Å². The fourth-order valence-electron chi connectivity index (χ4n) is 2.40. The summed E-state index contributed by atoms with van der Waals surface area (Å²) < 4.78 is 7.40. The summed E-state index contributed by atoms with van der Waals surface area (Å²) in [6.07, 6.45) is 4.05. The van der Waals surface area contributed by atoms with Crippen molar-refractivity contribution in [2.75, 3.05) is 11.9 Å². The molecule has 0 bridgehead atoms. The van der Waals surface area contributed by atoms with E-state index in [1.807, 2.05) is 49.7 Å². The van der Waals surface area contributed by atoms with Crippen LogP contribution >= 0.6 is 11.3 Å². The van der Waals surface area contributed by atoms with Gasteiger partial charge in [-0.15, -0.1) is 11.3 Å². The lowest BCUT2D eigenvalue weighted by atomic mass is 10.1. The average molecular weight is 356 g/mol. The van der Waals surface area contributed by atoms with Crippen LogP contribution in [0.5, 0.6) is 5.75 Å². The lowest BCUT2D eigenvalue weighted by molar-refractivity contribution is -0.116. The maximum atomic E-state index is 12.1. The van der Waals surface area contributed by atoms with E-state index >= 15 is 0 Å². The molecule has 0 aliphatic rings. The number of carbonyl (C=O) groups excluding carboxylic acids is 1. The van der Waals surface area contributed by atoms with E-state index in [-0.39, 0.29) is 5.91 Å². The second-order valence-electron chi connectivity index (χ2n) is 5.55. The van der Waals surface area contributed by atoms with E-state index < -0.39 is 0 Å². The third-order valence-electron chi connectivity index (χ3n) is 3.54. The number of nitrogens with one attached hydrogen (secondary N) is 1. The zero-order chi connectivity index (χ0) is 17.6. The van der Waals surface area contributed by atoms with Gasteiger partial charge in [0.15, 0.2) is 5.13 Å². The summed E-state index contributed by atoms with van der Waals surface area (Å²) in [6.45, 7) is 5.06. The Balaban J connectivity index is 1.62. The van der Waals surface area contributed by atoms with Crippen molar-refractivity contribution in [2.24, 2.45) is 0 Å². The summed E-state index contributed by atoms with van der Waals surface area (Å²) >= 11 is 1.40. The first kappa shape index (κ1) is 17.2. The molecule has 0 unspecified atom stereocenters. The van der Waals surface area contributed by atoms with Crippen molar-refractivity contribution in [3.63, 3.8) is 0 Å². The normalized spacial score (nSPS) is 10.6. The predicted molar refractivity (Wildman–Crippen MR) is 98.9 cm³/mol. The van der Waals surface area contributed by atoms with E-state index in [4.69, 9.17) is 4.74 Å². The zero-order valence-corrected chi connectivity index (χ0v) is 15.0.